The van der Waals surface area contributed by atoms with Gasteiger partial charge in [0.25, 0.3) is 0 Å². The molecule has 22 heavy (non-hydrogen) atoms. The number of rotatable bonds is 4. The zero-order valence-corrected chi connectivity index (χ0v) is 12.8. The van der Waals surface area contributed by atoms with Crippen LogP contribution >= 0.6 is 0 Å². The van der Waals surface area contributed by atoms with E-state index >= 15 is 0 Å². The summed E-state index contributed by atoms with van der Waals surface area (Å²) in [5.74, 6) is -0.472. The van der Waals surface area contributed by atoms with Crippen LogP contribution in [0.2, 0.25) is 0 Å². The summed E-state index contributed by atoms with van der Waals surface area (Å²) in [4.78, 5) is 11.2. The van der Waals surface area contributed by atoms with Crippen molar-refractivity contribution in [2.24, 2.45) is 0 Å². The molecule has 0 amide bonds. The van der Waals surface area contributed by atoms with Crippen LogP contribution in [0.5, 0.6) is 5.75 Å². The largest absolute Gasteiger partial charge is 0.490 e. The first-order chi connectivity index (χ1) is 10.4. The van der Waals surface area contributed by atoms with E-state index in [2.05, 4.69) is 4.72 Å². The second kappa shape index (κ2) is 5.53. The van der Waals surface area contributed by atoms with Crippen LogP contribution in [0.3, 0.4) is 0 Å². The molecule has 2 aliphatic rings. The number of sulfonamides is 1. The molecule has 0 radical (unpaired) electrons. The van der Waals surface area contributed by atoms with Gasteiger partial charge in [0, 0.05) is 13.0 Å². The number of aliphatic carboxylic acids is 1. The van der Waals surface area contributed by atoms with Crippen molar-refractivity contribution in [3.8, 4) is 5.75 Å². The Balaban J connectivity index is 1.82. The summed E-state index contributed by atoms with van der Waals surface area (Å²) in [6.07, 6.45) is -0.127. The third-order valence-electron chi connectivity index (χ3n) is 3.82. The van der Waals surface area contributed by atoms with E-state index in [4.69, 9.17) is 14.6 Å². The monoisotopic (exact) mass is 327 g/mol. The normalized spacial score (nSPS) is 27.4. The molecule has 1 saturated heterocycles. The van der Waals surface area contributed by atoms with Gasteiger partial charge in [0.15, 0.2) is 6.10 Å². The van der Waals surface area contributed by atoms with Crippen molar-refractivity contribution in [2.75, 3.05) is 6.61 Å². The van der Waals surface area contributed by atoms with E-state index in [1.165, 1.54) is 6.07 Å². The second-order valence-electron chi connectivity index (χ2n) is 5.55. The highest BCUT2D eigenvalue weighted by Crippen LogP contribution is 2.31. The number of hydrogen-bond acceptors (Lipinski definition) is 5. The Kier molecular flexibility index (Phi) is 3.84. The van der Waals surface area contributed by atoms with Gasteiger partial charge in [0.1, 0.15) is 11.9 Å². The first-order valence-corrected chi connectivity index (χ1v) is 8.51. The Morgan fingerprint density at radius 1 is 1.41 bits per heavy atom. The van der Waals surface area contributed by atoms with Gasteiger partial charge in [-0.1, -0.05) is 0 Å². The molecule has 0 spiro atoms. The molecule has 3 atom stereocenters. The van der Waals surface area contributed by atoms with Crippen LogP contribution in [-0.4, -0.2) is 44.4 Å². The predicted molar refractivity (Wildman–Crippen MR) is 76.3 cm³/mol. The summed E-state index contributed by atoms with van der Waals surface area (Å²) < 4.78 is 37.9. The maximum absolute atomic E-state index is 12.4. The number of hydrogen-bond donors (Lipinski definition) is 2. The fourth-order valence-electron chi connectivity index (χ4n) is 2.79. The average Bonchev–Trinajstić information content (AvgIpc) is 3.02. The van der Waals surface area contributed by atoms with E-state index < -0.39 is 28.1 Å². The van der Waals surface area contributed by atoms with Crippen LogP contribution < -0.4 is 9.46 Å². The Labute approximate surface area is 128 Å². The SMILES string of the molecule is CC1Cc2cc(S(=O)(=O)N[C@@H]3CCO[C@@H]3C(=O)O)ccc2O1. The van der Waals surface area contributed by atoms with Crippen molar-refractivity contribution in [2.45, 2.75) is 42.9 Å². The van der Waals surface area contributed by atoms with Crippen molar-refractivity contribution >= 4 is 16.0 Å². The lowest BCUT2D eigenvalue weighted by molar-refractivity contribution is -0.148. The van der Waals surface area contributed by atoms with Crippen LogP contribution in [-0.2, 0) is 26.0 Å². The zero-order chi connectivity index (χ0) is 15.9. The number of fused-ring (bicyclic) bond motifs is 1. The summed E-state index contributed by atoms with van der Waals surface area (Å²) in [5, 5.41) is 9.03. The lowest BCUT2D eigenvalue weighted by Crippen LogP contribution is -2.43. The fraction of sp³-hybridized carbons (Fsp3) is 0.500. The van der Waals surface area contributed by atoms with Crippen molar-refractivity contribution < 1.29 is 27.8 Å². The van der Waals surface area contributed by atoms with Gasteiger partial charge in [-0.05, 0) is 37.1 Å². The number of carbonyl (C=O) groups is 1. The van der Waals surface area contributed by atoms with E-state index in [-0.39, 0.29) is 17.6 Å². The molecule has 7 nitrogen and oxygen atoms in total. The van der Waals surface area contributed by atoms with E-state index in [0.717, 1.165) is 5.56 Å². The molecular formula is C14H17NO6S. The van der Waals surface area contributed by atoms with Gasteiger partial charge < -0.3 is 14.6 Å². The Morgan fingerprint density at radius 2 is 2.18 bits per heavy atom. The number of benzene rings is 1. The molecular weight excluding hydrogens is 310 g/mol. The van der Waals surface area contributed by atoms with Gasteiger partial charge >= 0.3 is 5.97 Å². The van der Waals surface area contributed by atoms with Gasteiger partial charge in [-0.2, -0.15) is 0 Å². The third-order valence-corrected chi connectivity index (χ3v) is 5.31. The molecule has 0 saturated carbocycles. The van der Waals surface area contributed by atoms with Crippen LogP contribution in [0.1, 0.15) is 18.9 Å². The van der Waals surface area contributed by atoms with Crippen molar-refractivity contribution in [1.82, 2.24) is 4.72 Å². The topological polar surface area (TPSA) is 102 Å². The average molecular weight is 327 g/mol. The minimum atomic E-state index is -3.80. The molecule has 0 aliphatic carbocycles. The summed E-state index contributed by atoms with van der Waals surface area (Å²) in [6.45, 7) is 2.14. The van der Waals surface area contributed by atoms with Gasteiger partial charge in [0.05, 0.1) is 10.9 Å². The van der Waals surface area contributed by atoms with Gasteiger partial charge in [-0.25, -0.2) is 17.9 Å². The number of carboxylic acid groups (broad SMARTS) is 1. The first-order valence-electron chi connectivity index (χ1n) is 7.03. The molecule has 1 aromatic rings. The maximum atomic E-state index is 12.4. The maximum Gasteiger partial charge on any atom is 0.334 e. The lowest BCUT2D eigenvalue weighted by Gasteiger charge is -2.16. The number of nitrogens with one attached hydrogen (secondary N) is 1. The molecule has 120 valence electrons. The molecule has 1 aromatic carbocycles. The summed E-state index contributed by atoms with van der Waals surface area (Å²) in [7, 11) is -3.80. The summed E-state index contributed by atoms with van der Waals surface area (Å²) in [5.41, 5.74) is 0.841. The minimum absolute atomic E-state index is 0.0283. The highest BCUT2D eigenvalue weighted by molar-refractivity contribution is 7.89. The molecule has 1 unspecified atom stereocenters. The standard InChI is InChI=1S/C14H17NO6S/c1-8-6-9-7-10(2-3-12(9)21-8)22(18,19)15-11-4-5-20-13(11)14(16)17/h2-3,7-8,11,13,15H,4-6H2,1H3,(H,16,17)/t8?,11-,13+/m1/s1. The van der Waals surface area contributed by atoms with E-state index in [1.54, 1.807) is 12.1 Å². The Bertz CT molecular complexity index is 701. The zero-order valence-electron chi connectivity index (χ0n) is 12.0. The van der Waals surface area contributed by atoms with Crippen LogP contribution in [0.25, 0.3) is 0 Å². The molecule has 2 heterocycles. The summed E-state index contributed by atoms with van der Waals surface area (Å²) >= 11 is 0. The summed E-state index contributed by atoms with van der Waals surface area (Å²) in [6, 6.07) is 3.91. The molecule has 0 bridgehead atoms. The molecule has 1 fully saturated rings. The number of ether oxygens (including phenoxy) is 2. The minimum Gasteiger partial charge on any atom is -0.490 e. The Hall–Kier alpha value is -1.64. The molecule has 3 rings (SSSR count). The molecule has 2 aliphatic heterocycles. The smallest absolute Gasteiger partial charge is 0.334 e. The Morgan fingerprint density at radius 3 is 2.91 bits per heavy atom. The van der Waals surface area contributed by atoms with Gasteiger partial charge in [0.2, 0.25) is 10.0 Å². The highest BCUT2D eigenvalue weighted by atomic mass is 32.2. The molecule has 0 aromatic heterocycles. The number of carboxylic acids is 1. The van der Waals surface area contributed by atoms with Crippen LogP contribution in [0, 0.1) is 0 Å². The van der Waals surface area contributed by atoms with Gasteiger partial charge in [-0.3, -0.25) is 0 Å². The van der Waals surface area contributed by atoms with Crippen molar-refractivity contribution in [1.29, 1.82) is 0 Å². The lowest BCUT2D eigenvalue weighted by atomic mass is 10.1. The fourth-order valence-corrected chi connectivity index (χ4v) is 4.11. The van der Waals surface area contributed by atoms with Gasteiger partial charge in [-0.15, -0.1) is 0 Å². The molecule has 2 N–H and O–H groups in total. The van der Waals surface area contributed by atoms with Crippen molar-refractivity contribution in [3.05, 3.63) is 23.8 Å². The third kappa shape index (κ3) is 2.81. The van der Waals surface area contributed by atoms with Crippen molar-refractivity contribution in [3.63, 3.8) is 0 Å². The first kappa shape index (κ1) is 15.3. The molecule has 8 heteroatoms. The second-order valence-corrected chi connectivity index (χ2v) is 7.26. The van der Waals surface area contributed by atoms with Crippen LogP contribution in [0.15, 0.2) is 23.1 Å². The quantitative estimate of drug-likeness (QED) is 0.836. The highest BCUT2D eigenvalue weighted by Gasteiger charge is 2.37. The van der Waals surface area contributed by atoms with E-state index in [1.807, 2.05) is 6.92 Å². The van der Waals surface area contributed by atoms with E-state index in [9.17, 15) is 13.2 Å². The predicted octanol–water partition coefficient (Wildman–Crippen LogP) is 0.530. The van der Waals surface area contributed by atoms with Crippen LogP contribution in [0.4, 0.5) is 0 Å². The van der Waals surface area contributed by atoms with E-state index in [0.29, 0.717) is 18.6 Å².